The molecule has 9 nitrogen and oxygen atoms in total. The number of carbonyl (C=O) groups is 2. The van der Waals surface area contributed by atoms with E-state index in [0.717, 1.165) is 0 Å². The molecule has 9 heteroatoms. The first-order chi connectivity index (χ1) is 12.0. The lowest BCUT2D eigenvalue weighted by Gasteiger charge is -2.47. The lowest BCUT2D eigenvalue weighted by molar-refractivity contribution is 0.0697. The van der Waals surface area contributed by atoms with Crippen molar-refractivity contribution in [3.05, 3.63) is 29.8 Å². The molecule has 3 heterocycles. The smallest absolute Gasteiger partial charge is 0.343 e. The van der Waals surface area contributed by atoms with Gasteiger partial charge in [0, 0.05) is 25.2 Å². The third-order valence-electron chi connectivity index (χ3n) is 4.49. The van der Waals surface area contributed by atoms with Crippen LogP contribution in [0.4, 0.5) is 10.6 Å². The quantitative estimate of drug-likeness (QED) is 0.755. The van der Waals surface area contributed by atoms with Crippen LogP contribution in [0.3, 0.4) is 0 Å². The van der Waals surface area contributed by atoms with Crippen molar-refractivity contribution in [1.82, 2.24) is 15.8 Å². The summed E-state index contributed by atoms with van der Waals surface area (Å²) in [4.78, 5) is 24.9. The van der Waals surface area contributed by atoms with E-state index in [1.807, 2.05) is 0 Å². The number of aromatic carboxylic acids is 1. The molecule has 2 aromatic rings. The van der Waals surface area contributed by atoms with Gasteiger partial charge in [-0.15, -0.1) is 0 Å². The average Bonchev–Trinajstić information content (AvgIpc) is 3.17. The standard InChI is InChI=1S/C16H16N4O5/c1-24-10-4-2-9(3-5-10)12-11(14(21)22)13(19-25-12)20-7-16(8-20)6-17-15(23)18-16/h2-5H,6-8H2,1H3,(H,21,22)(H2,17,18,23). The third kappa shape index (κ3) is 2.44. The number of nitrogens with one attached hydrogen (secondary N) is 2. The maximum Gasteiger partial charge on any atom is 0.343 e. The van der Waals surface area contributed by atoms with Gasteiger partial charge >= 0.3 is 12.0 Å². The highest BCUT2D eigenvalue weighted by molar-refractivity contribution is 6.00. The summed E-state index contributed by atoms with van der Waals surface area (Å²) in [5.74, 6) is 0.0101. The van der Waals surface area contributed by atoms with Gasteiger partial charge in [-0.1, -0.05) is 5.16 Å². The predicted molar refractivity (Wildman–Crippen MR) is 86.9 cm³/mol. The molecule has 2 aliphatic heterocycles. The van der Waals surface area contributed by atoms with E-state index in [-0.39, 0.29) is 28.7 Å². The molecule has 0 aliphatic carbocycles. The van der Waals surface area contributed by atoms with E-state index < -0.39 is 5.97 Å². The van der Waals surface area contributed by atoms with Gasteiger partial charge in [-0.25, -0.2) is 9.59 Å². The number of carboxylic acid groups (broad SMARTS) is 1. The Morgan fingerprint density at radius 3 is 2.64 bits per heavy atom. The van der Waals surface area contributed by atoms with Crippen LogP contribution >= 0.6 is 0 Å². The Hall–Kier alpha value is -3.23. The zero-order valence-corrected chi connectivity index (χ0v) is 13.4. The first-order valence-electron chi connectivity index (χ1n) is 7.70. The summed E-state index contributed by atoms with van der Waals surface area (Å²) in [6, 6.07) is 6.67. The van der Waals surface area contributed by atoms with Gasteiger partial charge in [-0.3, -0.25) is 0 Å². The fourth-order valence-corrected chi connectivity index (χ4v) is 3.23. The summed E-state index contributed by atoms with van der Waals surface area (Å²) < 4.78 is 10.4. The molecule has 1 aromatic carbocycles. The molecule has 2 amide bonds. The molecular formula is C16H16N4O5. The van der Waals surface area contributed by atoms with E-state index in [2.05, 4.69) is 15.8 Å². The lowest BCUT2D eigenvalue weighted by atomic mass is 9.90. The molecular weight excluding hydrogens is 328 g/mol. The van der Waals surface area contributed by atoms with Gasteiger partial charge in [0.25, 0.3) is 0 Å². The third-order valence-corrected chi connectivity index (χ3v) is 4.49. The molecule has 130 valence electrons. The molecule has 3 N–H and O–H groups in total. The van der Waals surface area contributed by atoms with E-state index >= 15 is 0 Å². The molecule has 0 radical (unpaired) electrons. The number of rotatable bonds is 4. The van der Waals surface area contributed by atoms with Gasteiger partial charge in [0.15, 0.2) is 17.1 Å². The fraction of sp³-hybridized carbons (Fsp3) is 0.312. The number of hydrogen-bond donors (Lipinski definition) is 3. The normalized spacial score (nSPS) is 17.8. The molecule has 0 saturated carbocycles. The van der Waals surface area contributed by atoms with Crippen LogP contribution in [0.25, 0.3) is 11.3 Å². The number of amides is 2. The van der Waals surface area contributed by atoms with E-state index in [4.69, 9.17) is 9.26 Å². The van der Waals surface area contributed by atoms with E-state index in [9.17, 15) is 14.7 Å². The fourth-order valence-electron chi connectivity index (χ4n) is 3.23. The van der Waals surface area contributed by atoms with Crippen molar-refractivity contribution in [3.63, 3.8) is 0 Å². The highest BCUT2D eigenvalue weighted by Gasteiger charge is 2.50. The Bertz CT molecular complexity index is 839. The second-order valence-corrected chi connectivity index (χ2v) is 6.19. The van der Waals surface area contributed by atoms with Crippen molar-refractivity contribution >= 4 is 17.8 Å². The Kier molecular flexibility index (Phi) is 3.31. The van der Waals surface area contributed by atoms with Crippen molar-refractivity contribution in [2.45, 2.75) is 5.54 Å². The van der Waals surface area contributed by atoms with Gasteiger partial charge in [-0.05, 0) is 24.3 Å². The number of methoxy groups -OCH3 is 1. The van der Waals surface area contributed by atoms with Crippen molar-refractivity contribution in [3.8, 4) is 17.1 Å². The Labute approximate surface area is 142 Å². The summed E-state index contributed by atoms with van der Waals surface area (Å²) in [6.45, 7) is 1.45. The number of urea groups is 1. The van der Waals surface area contributed by atoms with Crippen LogP contribution in [0, 0.1) is 0 Å². The molecule has 4 rings (SSSR count). The second-order valence-electron chi connectivity index (χ2n) is 6.19. The SMILES string of the molecule is COc1ccc(-c2onc(N3CC4(CNC(=O)N4)C3)c2C(=O)O)cc1. The molecule has 0 unspecified atom stereocenters. The van der Waals surface area contributed by atoms with Crippen LogP contribution in [0.1, 0.15) is 10.4 Å². The highest BCUT2D eigenvalue weighted by Crippen LogP contribution is 2.36. The maximum atomic E-state index is 11.8. The molecule has 25 heavy (non-hydrogen) atoms. The van der Waals surface area contributed by atoms with Crippen LogP contribution < -0.4 is 20.3 Å². The maximum absolute atomic E-state index is 11.8. The number of aromatic nitrogens is 1. The summed E-state index contributed by atoms with van der Waals surface area (Å²) in [5, 5.41) is 19.2. The van der Waals surface area contributed by atoms with Gasteiger partial charge in [0.1, 0.15) is 5.75 Å². The number of benzene rings is 1. The minimum Gasteiger partial charge on any atom is -0.497 e. The van der Waals surface area contributed by atoms with Crippen molar-refractivity contribution in [2.75, 3.05) is 31.6 Å². The number of anilines is 1. The highest BCUT2D eigenvalue weighted by atomic mass is 16.5. The van der Waals surface area contributed by atoms with Gasteiger partial charge in [0.2, 0.25) is 0 Å². The minimum absolute atomic E-state index is 0.0114. The van der Waals surface area contributed by atoms with Crippen molar-refractivity contribution < 1.29 is 24.0 Å². The Morgan fingerprint density at radius 2 is 2.08 bits per heavy atom. The average molecular weight is 344 g/mol. The Morgan fingerprint density at radius 1 is 1.36 bits per heavy atom. The van der Waals surface area contributed by atoms with Crippen molar-refractivity contribution in [2.24, 2.45) is 0 Å². The second kappa shape index (κ2) is 5.40. The lowest BCUT2D eigenvalue weighted by Crippen LogP contribution is -2.69. The number of ether oxygens (including phenoxy) is 1. The minimum atomic E-state index is -1.11. The number of nitrogens with zero attached hydrogens (tertiary/aromatic N) is 2. The first kappa shape index (κ1) is 15.3. The molecule has 1 aromatic heterocycles. The van der Waals surface area contributed by atoms with Gasteiger partial charge < -0.3 is 29.9 Å². The van der Waals surface area contributed by atoms with E-state index in [1.54, 1.807) is 36.3 Å². The van der Waals surface area contributed by atoms with Crippen LogP contribution in [0.15, 0.2) is 28.8 Å². The van der Waals surface area contributed by atoms with Gasteiger partial charge in [0.05, 0.1) is 12.6 Å². The number of carboxylic acids is 1. The summed E-state index contributed by atoms with van der Waals surface area (Å²) in [7, 11) is 1.56. The predicted octanol–water partition coefficient (Wildman–Crippen LogP) is 0.920. The molecule has 2 saturated heterocycles. The number of carbonyl (C=O) groups excluding carboxylic acids is 1. The van der Waals surface area contributed by atoms with E-state index in [1.165, 1.54) is 0 Å². The van der Waals surface area contributed by atoms with Gasteiger partial charge in [-0.2, -0.15) is 0 Å². The zero-order valence-electron chi connectivity index (χ0n) is 13.4. The molecule has 2 aliphatic rings. The first-order valence-corrected chi connectivity index (χ1v) is 7.70. The largest absolute Gasteiger partial charge is 0.497 e. The topological polar surface area (TPSA) is 117 Å². The van der Waals surface area contributed by atoms with Crippen molar-refractivity contribution in [1.29, 1.82) is 0 Å². The van der Waals surface area contributed by atoms with E-state index in [0.29, 0.717) is 30.9 Å². The molecule has 2 fully saturated rings. The monoisotopic (exact) mass is 344 g/mol. The number of hydrogen-bond acceptors (Lipinski definition) is 6. The molecule has 0 bridgehead atoms. The Balaban J connectivity index is 1.63. The zero-order chi connectivity index (χ0) is 17.6. The van der Waals surface area contributed by atoms with Crippen LogP contribution in [0.5, 0.6) is 5.75 Å². The molecule has 0 atom stereocenters. The van der Waals surface area contributed by atoms with Crippen LogP contribution in [0.2, 0.25) is 0 Å². The summed E-state index contributed by atoms with van der Waals surface area (Å²) in [5.41, 5.74) is 0.242. The van der Waals surface area contributed by atoms with Crippen LogP contribution in [-0.2, 0) is 0 Å². The summed E-state index contributed by atoms with van der Waals surface area (Å²) >= 11 is 0. The van der Waals surface area contributed by atoms with Crippen LogP contribution in [-0.4, -0.2) is 54.5 Å². The molecule has 1 spiro atoms. The summed E-state index contributed by atoms with van der Waals surface area (Å²) in [6.07, 6.45) is 0.